The Kier molecular flexibility index (Phi) is 7.76. The minimum Gasteiger partial charge on any atom is -0.378 e. The number of hydrogen-bond donors (Lipinski definition) is 0. The maximum absolute atomic E-state index is 13.3. The molecule has 1 amide bonds. The summed E-state index contributed by atoms with van der Waals surface area (Å²) in [5.41, 5.74) is 4.62. The predicted molar refractivity (Wildman–Crippen MR) is 150 cm³/mol. The van der Waals surface area contributed by atoms with Crippen molar-refractivity contribution in [1.29, 1.82) is 0 Å². The normalized spacial score (nSPS) is 13.8. The van der Waals surface area contributed by atoms with Gasteiger partial charge in [-0.3, -0.25) is 4.79 Å². The lowest BCUT2D eigenvalue weighted by molar-refractivity contribution is 0.0716. The maximum Gasteiger partial charge on any atom is 0.272 e. The van der Waals surface area contributed by atoms with Gasteiger partial charge in [0.15, 0.2) is 0 Å². The quantitative estimate of drug-likeness (QED) is 0.275. The van der Waals surface area contributed by atoms with E-state index in [9.17, 15) is 4.79 Å². The number of halogens is 1. The van der Waals surface area contributed by atoms with Crippen LogP contribution in [0.4, 0.5) is 5.82 Å². The highest BCUT2D eigenvalue weighted by Crippen LogP contribution is 2.30. The van der Waals surface area contributed by atoms with Gasteiger partial charge in [-0.2, -0.15) is 0 Å². The minimum absolute atomic E-state index is 0.0709. The van der Waals surface area contributed by atoms with E-state index in [0.717, 1.165) is 46.5 Å². The molecule has 0 unspecified atom stereocenters. The van der Waals surface area contributed by atoms with E-state index in [1.54, 1.807) is 12.4 Å². The number of fused-ring (bicyclic) bond motifs is 1. The number of aromatic nitrogens is 3. The van der Waals surface area contributed by atoms with Gasteiger partial charge in [0.25, 0.3) is 5.91 Å². The Labute approximate surface area is 225 Å². The lowest BCUT2D eigenvalue weighted by Crippen LogP contribution is -2.36. The number of pyridine rings is 1. The van der Waals surface area contributed by atoms with Crippen LogP contribution in [0.5, 0.6) is 0 Å². The fourth-order valence-corrected chi connectivity index (χ4v) is 5.01. The van der Waals surface area contributed by atoms with Crippen LogP contribution in [0.15, 0.2) is 71.6 Å². The second kappa shape index (κ2) is 11.4. The fraction of sp³-hybridized carbons (Fsp3) is 0.310. The van der Waals surface area contributed by atoms with Crippen LogP contribution in [0.25, 0.3) is 22.0 Å². The summed E-state index contributed by atoms with van der Waals surface area (Å²) in [6.45, 7) is 8.43. The molecule has 0 bridgehead atoms. The van der Waals surface area contributed by atoms with Gasteiger partial charge in [-0.1, -0.05) is 44.2 Å². The topological polar surface area (TPSA) is 71.5 Å². The summed E-state index contributed by atoms with van der Waals surface area (Å²) < 4.78 is 6.18. The van der Waals surface area contributed by atoms with Crippen molar-refractivity contribution in [3.63, 3.8) is 0 Å². The summed E-state index contributed by atoms with van der Waals surface area (Å²) in [5.74, 6) is 1.21. The maximum atomic E-state index is 13.3. The molecule has 0 atom stereocenters. The van der Waals surface area contributed by atoms with E-state index < -0.39 is 0 Å². The molecule has 0 radical (unpaired) electrons. The molecule has 5 rings (SSSR count). The van der Waals surface area contributed by atoms with Crippen LogP contribution in [0.2, 0.25) is 0 Å². The van der Waals surface area contributed by atoms with Crippen LogP contribution < -0.4 is 4.90 Å². The van der Waals surface area contributed by atoms with Crippen molar-refractivity contribution < 1.29 is 9.53 Å². The molecule has 2 aromatic heterocycles. The van der Waals surface area contributed by atoms with Gasteiger partial charge in [0.05, 0.1) is 18.7 Å². The molecule has 7 nitrogen and oxygen atoms in total. The molecule has 4 aromatic rings. The van der Waals surface area contributed by atoms with Crippen LogP contribution in [0.1, 0.15) is 29.9 Å². The van der Waals surface area contributed by atoms with Gasteiger partial charge in [-0.05, 0) is 68.9 Å². The molecule has 2 aromatic carbocycles. The fourth-order valence-electron chi connectivity index (χ4n) is 4.67. The number of anilines is 1. The van der Waals surface area contributed by atoms with Crippen molar-refractivity contribution >= 4 is 38.6 Å². The van der Waals surface area contributed by atoms with Crippen LogP contribution in [0, 0.1) is 5.92 Å². The molecule has 1 fully saturated rings. The molecule has 1 aliphatic heterocycles. The van der Waals surface area contributed by atoms with Gasteiger partial charge in [0.2, 0.25) is 0 Å². The van der Waals surface area contributed by atoms with E-state index >= 15 is 0 Å². The van der Waals surface area contributed by atoms with Crippen LogP contribution >= 0.6 is 15.9 Å². The minimum atomic E-state index is -0.0709. The highest BCUT2D eigenvalue weighted by Gasteiger charge is 2.20. The lowest BCUT2D eigenvalue weighted by Gasteiger charge is -2.28. The third-order valence-corrected chi connectivity index (χ3v) is 6.81. The smallest absolute Gasteiger partial charge is 0.272 e. The number of morpholine rings is 1. The summed E-state index contributed by atoms with van der Waals surface area (Å²) >= 11 is 3.38. The van der Waals surface area contributed by atoms with E-state index in [4.69, 9.17) is 4.74 Å². The summed E-state index contributed by atoms with van der Waals surface area (Å²) in [4.78, 5) is 31.0. The van der Waals surface area contributed by atoms with E-state index in [1.165, 1.54) is 0 Å². The van der Waals surface area contributed by atoms with E-state index in [0.29, 0.717) is 42.5 Å². The van der Waals surface area contributed by atoms with Gasteiger partial charge in [0.1, 0.15) is 22.4 Å². The van der Waals surface area contributed by atoms with Gasteiger partial charge >= 0.3 is 0 Å². The van der Waals surface area contributed by atoms with Crippen molar-refractivity contribution in [2.24, 2.45) is 5.92 Å². The van der Waals surface area contributed by atoms with Gasteiger partial charge < -0.3 is 14.5 Å². The first-order valence-electron chi connectivity index (χ1n) is 12.6. The molecule has 190 valence electrons. The Bertz CT molecular complexity index is 1400. The number of hydrogen-bond acceptors (Lipinski definition) is 6. The average molecular weight is 560 g/mol. The third kappa shape index (κ3) is 5.97. The summed E-state index contributed by atoms with van der Waals surface area (Å²) in [6.07, 6.45) is 1.63. The summed E-state index contributed by atoms with van der Waals surface area (Å²) in [6, 6.07) is 20.1. The second-order valence-corrected chi connectivity index (χ2v) is 10.5. The molecule has 0 spiro atoms. The van der Waals surface area contributed by atoms with Gasteiger partial charge in [-0.25, -0.2) is 15.0 Å². The molecule has 1 aliphatic rings. The zero-order chi connectivity index (χ0) is 25.8. The van der Waals surface area contributed by atoms with Gasteiger partial charge in [-0.15, -0.1) is 0 Å². The number of nitrogens with zero attached hydrogens (tertiary/aromatic N) is 5. The number of amides is 1. The molecular weight excluding hydrogens is 530 g/mol. The largest absolute Gasteiger partial charge is 0.378 e. The first kappa shape index (κ1) is 25.3. The van der Waals surface area contributed by atoms with Crippen molar-refractivity contribution in [2.45, 2.75) is 20.4 Å². The Morgan fingerprint density at radius 3 is 2.59 bits per heavy atom. The zero-order valence-electron chi connectivity index (χ0n) is 21.1. The summed E-state index contributed by atoms with van der Waals surface area (Å²) in [5, 5.41) is 1.03. The monoisotopic (exact) mass is 559 g/mol. The van der Waals surface area contributed by atoms with Gasteiger partial charge in [0, 0.05) is 31.6 Å². The first-order valence-corrected chi connectivity index (χ1v) is 13.4. The molecule has 1 saturated heterocycles. The molecule has 0 N–H and O–H groups in total. The van der Waals surface area contributed by atoms with E-state index in [2.05, 4.69) is 92.1 Å². The molecule has 3 heterocycles. The Morgan fingerprint density at radius 1 is 1.03 bits per heavy atom. The highest BCUT2D eigenvalue weighted by molar-refractivity contribution is 9.10. The van der Waals surface area contributed by atoms with Crippen LogP contribution in [-0.2, 0) is 11.3 Å². The van der Waals surface area contributed by atoms with Crippen molar-refractivity contribution in [2.75, 3.05) is 37.7 Å². The molecule has 0 saturated carbocycles. The van der Waals surface area contributed by atoms with Crippen molar-refractivity contribution in [3.8, 4) is 11.1 Å². The Morgan fingerprint density at radius 2 is 1.81 bits per heavy atom. The third-order valence-electron chi connectivity index (χ3n) is 6.37. The van der Waals surface area contributed by atoms with E-state index in [1.807, 2.05) is 17.0 Å². The van der Waals surface area contributed by atoms with Crippen molar-refractivity contribution in [3.05, 3.63) is 82.9 Å². The zero-order valence-corrected chi connectivity index (χ0v) is 22.7. The standard InChI is InChI=1S/C29H30BrN5O2/c1-20(2)17-35(29(36)26-7-4-8-27(30)33-26)18-21-5-3-6-22(15-21)23-9-10-25-24(16-23)28(32-19-31-25)34-11-13-37-14-12-34/h3-10,15-16,19-20H,11-14,17-18H2,1-2H3. The molecule has 37 heavy (non-hydrogen) atoms. The number of ether oxygens (including phenoxy) is 1. The molecule has 8 heteroatoms. The van der Waals surface area contributed by atoms with E-state index in [-0.39, 0.29) is 5.91 Å². The second-order valence-electron chi connectivity index (χ2n) is 9.65. The number of carbonyl (C=O) groups excluding carboxylic acids is 1. The van der Waals surface area contributed by atoms with Crippen molar-refractivity contribution in [1.82, 2.24) is 19.9 Å². The average Bonchev–Trinajstić information content (AvgIpc) is 2.92. The highest BCUT2D eigenvalue weighted by atomic mass is 79.9. The number of rotatable bonds is 7. The molecular formula is C29H30BrN5O2. The van der Waals surface area contributed by atoms with Crippen LogP contribution in [-0.4, -0.2) is 58.6 Å². The van der Waals surface area contributed by atoms with Crippen LogP contribution in [0.3, 0.4) is 0 Å². The molecule has 0 aliphatic carbocycles. The first-order chi connectivity index (χ1) is 18.0. The SMILES string of the molecule is CC(C)CN(Cc1cccc(-c2ccc3ncnc(N4CCOCC4)c3c2)c1)C(=O)c1cccc(Br)n1. The number of carbonyl (C=O) groups is 1. The lowest BCUT2D eigenvalue weighted by atomic mass is 10.0. The Balaban J connectivity index is 1.44. The summed E-state index contributed by atoms with van der Waals surface area (Å²) in [7, 11) is 0. The number of benzene rings is 2. The predicted octanol–water partition coefficient (Wildman–Crippen LogP) is 5.59. The Hall–Kier alpha value is -3.36.